The first-order chi connectivity index (χ1) is 8.57. The summed E-state index contributed by atoms with van der Waals surface area (Å²) in [4.78, 5) is 6.22. The highest BCUT2D eigenvalue weighted by molar-refractivity contribution is 7.11. The molecule has 1 heterocycles. The van der Waals surface area contributed by atoms with Crippen molar-refractivity contribution in [1.29, 1.82) is 0 Å². The number of aryl methyl sites for hydroxylation is 2. The Morgan fingerprint density at radius 2 is 2.00 bits per heavy atom. The van der Waals surface area contributed by atoms with E-state index in [1.54, 1.807) is 0 Å². The molecule has 1 saturated carbocycles. The van der Waals surface area contributed by atoms with E-state index in [-0.39, 0.29) is 5.54 Å². The summed E-state index contributed by atoms with van der Waals surface area (Å²) in [5, 5.41) is 5.14. The van der Waals surface area contributed by atoms with Crippen molar-refractivity contribution in [2.24, 2.45) is 5.92 Å². The summed E-state index contributed by atoms with van der Waals surface area (Å²) in [5.41, 5.74) is 1.39. The van der Waals surface area contributed by atoms with E-state index in [1.807, 2.05) is 11.3 Å². The zero-order valence-electron chi connectivity index (χ0n) is 12.2. The molecular weight excluding hydrogens is 240 g/mol. The van der Waals surface area contributed by atoms with Gasteiger partial charge in [-0.3, -0.25) is 0 Å². The SMILES string of the molecule is CCCNC1(c2nc(C)c(C)s2)CCC(C)CC1. The Morgan fingerprint density at radius 1 is 1.33 bits per heavy atom. The van der Waals surface area contributed by atoms with Crippen molar-refractivity contribution in [3.63, 3.8) is 0 Å². The topological polar surface area (TPSA) is 24.9 Å². The summed E-state index contributed by atoms with van der Waals surface area (Å²) in [5.74, 6) is 0.878. The summed E-state index contributed by atoms with van der Waals surface area (Å²) in [6, 6.07) is 0. The molecule has 1 aliphatic carbocycles. The standard InChI is InChI=1S/C15H26N2S/c1-5-10-16-15(8-6-11(2)7-9-15)14-17-12(3)13(4)18-14/h11,16H,5-10H2,1-4H3. The minimum absolute atomic E-state index is 0.173. The second-order valence-corrected chi connectivity index (χ2v) is 7.06. The molecule has 0 radical (unpaired) electrons. The lowest BCUT2D eigenvalue weighted by atomic mass is 9.77. The predicted molar refractivity (Wildman–Crippen MR) is 79.2 cm³/mol. The number of hydrogen-bond donors (Lipinski definition) is 1. The number of aromatic nitrogens is 1. The van der Waals surface area contributed by atoms with Crippen LogP contribution in [0.1, 0.15) is 61.5 Å². The van der Waals surface area contributed by atoms with Crippen molar-refractivity contribution in [2.45, 2.75) is 65.3 Å². The van der Waals surface area contributed by atoms with Gasteiger partial charge in [0.15, 0.2) is 0 Å². The van der Waals surface area contributed by atoms with E-state index in [9.17, 15) is 0 Å². The minimum atomic E-state index is 0.173. The van der Waals surface area contributed by atoms with Crippen molar-refractivity contribution in [3.05, 3.63) is 15.6 Å². The maximum Gasteiger partial charge on any atom is 0.113 e. The molecule has 1 N–H and O–H groups in total. The van der Waals surface area contributed by atoms with Crippen LogP contribution in [0.2, 0.25) is 0 Å². The van der Waals surface area contributed by atoms with Gasteiger partial charge in [0.1, 0.15) is 5.01 Å². The van der Waals surface area contributed by atoms with E-state index in [2.05, 4.69) is 33.0 Å². The van der Waals surface area contributed by atoms with Crippen LogP contribution in [-0.2, 0) is 5.54 Å². The van der Waals surface area contributed by atoms with Crippen LogP contribution in [0, 0.1) is 19.8 Å². The highest BCUT2D eigenvalue weighted by atomic mass is 32.1. The zero-order chi connectivity index (χ0) is 13.2. The van der Waals surface area contributed by atoms with E-state index in [4.69, 9.17) is 4.98 Å². The molecule has 2 nitrogen and oxygen atoms in total. The first-order valence-electron chi connectivity index (χ1n) is 7.27. The summed E-state index contributed by atoms with van der Waals surface area (Å²) < 4.78 is 0. The summed E-state index contributed by atoms with van der Waals surface area (Å²) in [6.45, 7) is 10.0. The van der Waals surface area contributed by atoms with Crippen LogP contribution in [0.3, 0.4) is 0 Å². The van der Waals surface area contributed by atoms with Crippen molar-refractivity contribution in [3.8, 4) is 0 Å². The molecule has 0 spiro atoms. The van der Waals surface area contributed by atoms with Crippen LogP contribution >= 0.6 is 11.3 Å². The molecule has 2 rings (SSSR count). The van der Waals surface area contributed by atoms with E-state index < -0.39 is 0 Å². The largest absolute Gasteiger partial charge is 0.305 e. The molecule has 0 unspecified atom stereocenters. The third kappa shape index (κ3) is 2.77. The Kier molecular flexibility index (Phi) is 4.44. The Morgan fingerprint density at radius 3 is 2.50 bits per heavy atom. The molecule has 1 aliphatic rings. The van der Waals surface area contributed by atoms with E-state index in [0.29, 0.717) is 0 Å². The molecule has 0 aromatic carbocycles. The second-order valence-electron chi connectivity index (χ2n) is 5.85. The van der Waals surface area contributed by atoms with Crippen LogP contribution in [-0.4, -0.2) is 11.5 Å². The molecule has 0 bridgehead atoms. The quantitative estimate of drug-likeness (QED) is 0.885. The van der Waals surface area contributed by atoms with Gasteiger partial charge in [0.2, 0.25) is 0 Å². The third-order valence-corrected chi connectivity index (χ3v) is 5.56. The predicted octanol–water partition coefficient (Wildman–Crippen LogP) is 4.16. The Labute approximate surface area is 115 Å². The maximum absolute atomic E-state index is 4.84. The molecule has 0 amide bonds. The first kappa shape index (κ1) is 14.0. The molecule has 0 aliphatic heterocycles. The molecular formula is C15H26N2S. The van der Waals surface area contributed by atoms with Gasteiger partial charge in [0.05, 0.1) is 11.2 Å². The van der Waals surface area contributed by atoms with Crippen molar-refractivity contribution in [1.82, 2.24) is 10.3 Å². The fourth-order valence-corrected chi connectivity index (χ4v) is 3.90. The average molecular weight is 266 g/mol. The first-order valence-corrected chi connectivity index (χ1v) is 8.08. The number of hydrogen-bond acceptors (Lipinski definition) is 3. The van der Waals surface area contributed by atoms with Gasteiger partial charge in [-0.2, -0.15) is 0 Å². The molecule has 102 valence electrons. The molecule has 1 fully saturated rings. The molecule has 1 aromatic rings. The molecule has 3 heteroatoms. The van der Waals surface area contributed by atoms with Gasteiger partial charge in [0, 0.05) is 4.88 Å². The monoisotopic (exact) mass is 266 g/mol. The lowest BCUT2D eigenvalue weighted by Crippen LogP contribution is -2.45. The molecule has 1 aromatic heterocycles. The fraction of sp³-hybridized carbons (Fsp3) is 0.800. The highest BCUT2D eigenvalue weighted by Crippen LogP contribution is 2.41. The minimum Gasteiger partial charge on any atom is -0.305 e. The normalized spacial score (nSPS) is 28.6. The number of thiazole rings is 1. The van der Waals surface area contributed by atoms with Crippen molar-refractivity contribution < 1.29 is 0 Å². The number of nitrogens with zero attached hydrogens (tertiary/aromatic N) is 1. The van der Waals surface area contributed by atoms with Gasteiger partial charge in [-0.1, -0.05) is 13.8 Å². The summed E-state index contributed by atoms with van der Waals surface area (Å²) in [6.07, 6.45) is 6.35. The highest BCUT2D eigenvalue weighted by Gasteiger charge is 2.37. The fourth-order valence-electron chi connectivity index (χ4n) is 2.76. The second kappa shape index (κ2) is 5.70. The lowest BCUT2D eigenvalue weighted by molar-refractivity contribution is 0.196. The van der Waals surface area contributed by atoms with Crippen molar-refractivity contribution >= 4 is 11.3 Å². The van der Waals surface area contributed by atoms with Gasteiger partial charge in [-0.25, -0.2) is 4.98 Å². The zero-order valence-corrected chi connectivity index (χ0v) is 13.0. The number of rotatable bonds is 4. The summed E-state index contributed by atoms with van der Waals surface area (Å²) in [7, 11) is 0. The van der Waals surface area contributed by atoms with Crippen molar-refractivity contribution in [2.75, 3.05) is 6.54 Å². The van der Waals surface area contributed by atoms with Crippen LogP contribution in [0.25, 0.3) is 0 Å². The van der Waals surface area contributed by atoms with Crippen LogP contribution in [0.4, 0.5) is 0 Å². The van der Waals surface area contributed by atoms with Gasteiger partial charge < -0.3 is 5.32 Å². The lowest BCUT2D eigenvalue weighted by Gasteiger charge is -2.39. The average Bonchev–Trinajstić information content (AvgIpc) is 2.70. The number of nitrogens with one attached hydrogen (secondary N) is 1. The molecule has 0 atom stereocenters. The van der Waals surface area contributed by atoms with Crippen LogP contribution in [0.5, 0.6) is 0 Å². The third-order valence-electron chi connectivity index (χ3n) is 4.28. The van der Waals surface area contributed by atoms with Gasteiger partial charge >= 0.3 is 0 Å². The Hall–Kier alpha value is -0.410. The van der Waals surface area contributed by atoms with Gasteiger partial charge in [-0.15, -0.1) is 11.3 Å². The van der Waals surface area contributed by atoms with Gasteiger partial charge in [-0.05, 0) is 58.4 Å². The Balaban J connectivity index is 2.24. The van der Waals surface area contributed by atoms with E-state index in [0.717, 1.165) is 12.5 Å². The smallest absolute Gasteiger partial charge is 0.113 e. The molecule has 18 heavy (non-hydrogen) atoms. The maximum atomic E-state index is 4.84. The van der Waals surface area contributed by atoms with Crippen LogP contribution < -0.4 is 5.32 Å². The van der Waals surface area contributed by atoms with E-state index in [1.165, 1.54) is 47.7 Å². The molecule has 0 saturated heterocycles. The van der Waals surface area contributed by atoms with E-state index >= 15 is 0 Å². The van der Waals surface area contributed by atoms with Crippen LogP contribution in [0.15, 0.2) is 0 Å². The summed E-state index contributed by atoms with van der Waals surface area (Å²) >= 11 is 1.90. The Bertz CT molecular complexity index is 364. The van der Waals surface area contributed by atoms with Gasteiger partial charge in [0.25, 0.3) is 0 Å².